The normalized spacial score (nSPS) is 10.2. The van der Waals surface area contributed by atoms with Gasteiger partial charge in [0, 0.05) is 12.7 Å². The second-order valence-corrected chi connectivity index (χ2v) is 4.96. The Hall–Kier alpha value is -2.27. The second kappa shape index (κ2) is 6.95. The smallest absolute Gasteiger partial charge is 0.255 e. The quantitative estimate of drug-likeness (QED) is 0.804. The maximum absolute atomic E-state index is 10.6. The van der Waals surface area contributed by atoms with Crippen molar-refractivity contribution in [2.24, 2.45) is 5.73 Å². The molecule has 2 rings (SSSR count). The summed E-state index contributed by atoms with van der Waals surface area (Å²) in [6.45, 7) is 2.45. The zero-order valence-electron chi connectivity index (χ0n) is 11.6. The van der Waals surface area contributed by atoms with Crippen LogP contribution in [0.1, 0.15) is 11.1 Å². The number of carbonyl (C=O) groups is 1. The minimum absolute atomic E-state index is 0.123. The van der Waals surface area contributed by atoms with E-state index in [1.54, 1.807) is 18.3 Å². The number of primary amides is 1. The van der Waals surface area contributed by atoms with Crippen LogP contribution in [0.4, 0.5) is 5.69 Å². The number of aryl methyl sites for hydroxylation is 1. The van der Waals surface area contributed by atoms with Crippen LogP contribution in [0.2, 0.25) is 5.15 Å². The molecule has 0 aliphatic rings. The Morgan fingerprint density at radius 2 is 2.10 bits per heavy atom. The van der Waals surface area contributed by atoms with Crippen LogP contribution in [-0.4, -0.2) is 17.5 Å². The summed E-state index contributed by atoms with van der Waals surface area (Å²) < 4.78 is 5.19. The number of nitrogens with one attached hydrogen (secondary N) is 1. The van der Waals surface area contributed by atoms with Gasteiger partial charge in [-0.15, -0.1) is 0 Å². The SMILES string of the molecule is Cc1cnc(Cl)c(NCc2ccc(OCC(N)=O)cc2)c1. The van der Waals surface area contributed by atoms with Crippen molar-refractivity contribution in [2.75, 3.05) is 11.9 Å². The van der Waals surface area contributed by atoms with E-state index >= 15 is 0 Å². The van der Waals surface area contributed by atoms with E-state index in [4.69, 9.17) is 22.1 Å². The molecule has 0 unspecified atom stereocenters. The summed E-state index contributed by atoms with van der Waals surface area (Å²) in [5.41, 5.74) is 7.91. The number of hydrogen-bond donors (Lipinski definition) is 2. The van der Waals surface area contributed by atoms with Gasteiger partial charge in [-0.2, -0.15) is 0 Å². The number of carbonyl (C=O) groups excluding carboxylic acids is 1. The number of halogens is 1. The number of pyridine rings is 1. The molecule has 5 nitrogen and oxygen atoms in total. The first-order valence-electron chi connectivity index (χ1n) is 6.40. The third kappa shape index (κ3) is 4.65. The Labute approximate surface area is 128 Å². The Kier molecular flexibility index (Phi) is 5.00. The lowest BCUT2D eigenvalue weighted by Crippen LogP contribution is -2.19. The first kappa shape index (κ1) is 15.1. The van der Waals surface area contributed by atoms with E-state index in [1.807, 2.05) is 25.1 Å². The van der Waals surface area contributed by atoms with Crippen molar-refractivity contribution < 1.29 is 9.53 Å². The molecular formula is C15H16ClN3O2. The fraction of sp³-hybridized carbons (Fsp3) is 0.200. The summed E-state index contributed by atoms with van der Waals surface area (Å²) in [6.07, 6.45) is 1.72. The third-order valence-electron chi connectivity index (χ3n) is 2.76. The Morgan fingerprint density at radius 3 is 2.76 bits per heavy atom. The van der Waals surface area contributed by atoms with Gasteiger partial charge in [-0.05, 0) is 36.2 Å². The molecule has 0 radical (unpaired) electrons. The third-order valence-corrected chi connectivity index (χ3v) is 3.06. The van der Waals surface area contributed by atoms with Crippen LogP contribution in [0.3, 0.4) is 0 Å². The summed E-state index contributed by atoms with van der Waals surface area (Å²) in [5, 5.41) is 3.68. The van der Waals surface area contributed by atoms with Crippen molar-refractivity contribution in [2.45, 2.75) is 13.5 Å². The van der Waals surface area contributed by atoms with E-state index in [-0.39, 0.29) is 6.61 Å². The fourth-order valence-electron chi connectivity index (χ4n) is 1.73. The average molecular weight is 306 g/mol. The molecule has 3 N–H and O–H groups in total. The van der Waals surface area contributed by atoms with E-state index in [1.165, 1.54) is 0 Å². The highest BCUT2D eigenvalue weighted by Crippen LogP contribution is 2.21. The summed E-state index contributed by atoms with van der Waals surface area (Å²) >= 11 is 6.02. The molecular weight excluding hydrogens is 290 g/mol. The Bertz CT molecular complexity index is 629. The van der Waals surface area contributed by atoms with Crippen molar-refractivity contribution in [3.05, 3.63) is 52.8 Å². The highest BCUT2D eigenvalue weighted by Gasteiger charge is 2.02. The number of nitrogens with two attached hydrogens (primary N) is 1. The van der Waals surface area contributed by atoms with Crippen LogP contribution in [-0.2, 0) is 11.3 Å². The van der Waals surface area contributed by atoms with Gasteiger partial charge in [-0.3, -0.25) is 4.79 Å². The molecule has 0 spiro atoms. The van der Waals surface area contributed by atoms with Crippen LogP contribution in [0.5, 0.6) is 5.75 Å². The molecule has 110 valence electrons. The van der Waals surface area contributed by atoms with E-state index in [0.717, 1.165) is 16.8 Å². The van der Waals surface area contributed by atoms with Crippen LogP contribution >= 0.6 is 11.6 Å². The minimum atomic E-state index is -0.498. The number of benzene rings is 1. The molecule has 0 aliphatic heterocycles. The first-order valence-corrected chi connectivity index (χ1v) is 6.78. The van der Waals surface area contributed by atoms with E-state index in [2.05, 4.69) is 10.3 Å². The summed E-state index contributed by atoms with van der Waals surface area (Å²) in [4.78, 5) is 14.7. The highest BCUT2D eigenvalue weighted by atomic mass is 35.5. The molecule has 1 aromatic carbocycles. The number of hydrogen-bond acceptors (Lipinski definition) is 4. The monoisotopic (exact) mass is 305 g/mol. The summed E-state index contributed by atoms with van der Waals surface area (Å²) in [6, 6.07) is 9.33. The molecule has 0 atom stereocenters. The van der Waals surface area contributed by atoms with Gasteiger partial charge in [0.1, 0.15) is 5.75 Å². The standard InChI is InChI=1S/C15H16ClN3O2/c1-10-6-13(15(16)19-7-10)18-8-11-2-4-12(5-3-11)21-9-14(17)20/h2-7,18H,8-9H2,1H3,(H2,17,20). The molecule has 2 aromatic rings. The zero-order chi connectivity index (χ0) is 15.2. The molecule has 0 fully saturated rings. The van der Waals surface area contributed by atoms with Gasteiger partial charge < -0.3 is 15.8 Å². The van der Waals surface area contributed by atoms with Crippen LogP contribution in [0, 0.1) is 6.92 Å². The molecule has 1 aromatic heterocycles. The lowest BCUT2D eigenvalue weighted by molar-refractivity contribution is -0.119. The minimum Gasteiger partial charge on any atom is -0.484 e. The maximum Gasteiger partial charge on any atom is 0.255 e. The Balaban J connectivity index is 1.94. The van der Waals surface area contributed by atoms with Crippen molar-refractivity contribution >= 4 is 23.2 Å². The summed E-state index contributed by atoms with van der Waals surface area (Å²) in [7, 11) is 0. The second-order valence-electron chi connectivity index (χ2n) is 4.60. The molecule has 0 saturated heterocycles. The van der Waals surface area contributed by atoms with Crippen LogP contribution in [0.25, 0.3) is 0 Å². The number of aromatic nitrogens is 1. The van der Waals surface area contributed by atoms with Gasteiger partial charge in [0.05, 0.1) is 5.69 Å². The van der Waals surface area contributed by atoms with Crippen molar-refractivity contribution in [3.8, 4) is 5.75 Å². The van der Waals surface area contributed by atoms with Gasteiger partial charge in [-0.25, -0.2) is 4.98 Å². The molecule has 0 bridgehead atoms. The number of rotatable bonds is 6. The number of ether oxygens (including phenoxy) is 1. The molecule has 0 aliphatic carbocycles. The number of amides is 1. The highest BCUT2D eigenvalue weighted by molar-refractivity contribution is 6.31. The Morgan fingerprint density at radius 1 is 1.38 bits per heavy atom. The first-order chi connectivity index (χ1) is 10.0. The number of anilines is 1. The van der Waals surface area contributed by atoms with Gasteiger partial charge in [0.2, 0.25) is 0 Å². The van der Waals surface area contributed by atoms with Crippen molar-refractivity contribution in [1.29, 1.82) is 0 Å². The average Bonchev–Trinajstić information content (AvgIpc) is 2.47. The molecule has 1 heterocycles. The van der Waals surface area contributed by atoms with E-state index in [9.17, 15) is 4.79 Å². The summed E-state index contributed by atoms with van der Waals surface area (Å²) in [5.74, 6) is 0.107. The van der Waals surface area contributed by atoms with Crippen molar-refractivity contribution in [1.82, 2.24) is 4.98 Å². The van der Waals surface area contributed by atoms with Gasteiger partial charge in [0.15, 0.2) is 11.8 Å². The molecule has 21 heavy (non-hydrogen) atoms. The van der Waals surface area contributed by atoms with Gasteiger partial charge in [0.25, 0.3) is 5.91 Å². The zero-order valence-corrected chi connectivity index (χ0v) is 12.4. The van der Waals surface area contributed by atoms with E-state index in [0.29, 0.717) is 17.4 Å². The molecule has 1 amide bonds. The predicted molar refractivity (Wildman–Crippen MR) is 82.4 cm³/mol. The predicted octanol–water partition coefficient (Wildman–Crippen LogP) is 2.52. The van der Waals surface area contributed by atoms with Gasteiger partial charge >= 0.3 is 0 Å². The van der Waals surface area contributed by atoms with E-state index < -0.39 is 5.91 Å². The lowest BCUT2D eigenvalue weighted by atomic mass is 10.2. The largest absolute Gasteiger partial charge is 0.484 e. The molecule has 6 heteroatoms. The molecule has 0 saturated carbocycles. The van der Waals surface area contributed by atoms with Crippen LogP contribution < -0.4 is 15.8 Å². The fourth-order valence-corrected chi connectivity index (χ4v) is 1.90. The van der Waals surface area contributed by atoms with Gasteiger partial charge in [-0.1, -0.05) is 23.7 Å². The van der Waals surface area contributed by atoms with Crippen molar-refractivity contribution in [3.63, 3.8) is 0 Å². The topological polar surface area (TPSA) is 77.2 Å². The lowest BCUT2D eigenvalue weighted by Gasteiger charge is -2.09. The number of nitrogens with zero attached hydrogens (tertiary/aromatic N) is 1. The maximum atomic E-state index is 10.6. The van der Waals surface area contributed by atoms with Crippen LogP contribution in [0.15, 0.2) is 36.5 Å².